The van der Waals surface area contributed by atoms with E-state index in [1.54, 1.807) is 0 Å². The van der Waals surface area contributed by atoms with Gasteiger partial charge in [-0.25, -0.2) is 0 Å². The van der Waals surface area contributed by atoms with Crippen molar-refractivity contribution in [3.63, 3.8) is 0 Å². The predicted molar refractivity (Wildman–Crippen MR) is 125 cm³/mol. The standard InChI is InChI=1S/C27H33N3O/c1-3-25-23-14-13-21(15-26(23)30(28-25)22-11-7-8-12-22)24-17-29(18-27(24,2)19-31)16-20-9-5-4-6-10-20/h4-6,9-10,13-15,19,22,24H,3,7-8,11-12,16-18H2,1-2H3. The number of benzene rings is 2. The predicted octanol–water partition coefficient (Wildman–Crippen LogP) is 5.52. The first-order chi connectivity index (χ1) is 15.1. The lowest BCUT2D eigenvalue weighted by molar-refractivity contribution is -0.115. The van der Waals surface area contributed by atoms with Crippen LogP contribution in [-0.4, -0.2) is 34.1 Å². The summed E-state index contributed by atoms with van der Waals surface area (Å²) in [5, 5.41) is 6.30. The van der Waals surface area contributed by atoms with Crippen LogP contribution in [0.15, 0.2) is 48.5 Å². The smallest absolute Gasteiger partial charge is 0.127 e. The largest absolute Gasteiger partial charge is 0.303 e. The molecule has 5 rings (SSSR count). The molecule has 2 atom stereocenters. The van der Waals surface area contributed by atoms with Gasteiger partial charge in [0.15, 0.2) is 0 Å². The minimum atomic E-state index is -0.367. The Morgan fingerprint density at radius 3 is 2.61 bits per heavy atom. The zero-order chi connectivity index (χ0) is 21.4. The summed E-state index contributed by atoms with van der Waals surface area (Å²) in [6.07, 6.45) is 7.20. The number of aromatic nitrogens is 2. The van der Waals surface area contributed by atoms with Crippen LogP contribution in [0, 0.1) is 5.41 Å². The number of carbonyl (C=O) groups excluding carboxylic acids is 1. The zero-order valence-corrected chi connectivity index (χ0v) is 18.8. The highest BCUT2D eigenvalue weighted by atomic mass is 16.1. The van der Waals surface area contributed by atoms with Crippen molar-refractivity contribution < 1.29 is 4.79 Å². The van der Waals surface area contributed by atoms with Crippen LogP contribution in [0.3, 0.4) is 0 Å². The van der Waals surface area contributed by atoms with Gasteiger partial charge in [0.2, 0.25) is 0 Å². The van der Waals surface area contributed by atoms with E-state index >= 15 is 0 Å². The molecule has 0 radical (unpaired) electrons. The number of hydrogen-bond acceptors (Lipinski definition) is 3. The quantitative estimate of drug-likeness (QED) is 0.498. The van der Waals surface area contributed by atoms with E-state index in [1.807, 2.05) is 0 Å². The summed E-state index contributed by atoms with van der Waals surface area (Å²) in [7, 11) is 0. The molecule has 3 aromatic rings. The van der Waals surface area contributed by atoms with Gasteiger partial charge in [-0.05, 0) is 36.5 Å². The van der Waals surface area contributed by atoms with E-state index < -0.39 is 0 Å². The van der Waals surface area contributed by atoms with Crippen LogP contribution in [-0.2, 0) is 17.8 Å². The molecule has 0 amide bonds. The summed E-state index contributed by atoms with van der Waals surface area (Å²) in [4.78, 5) is 14.7. The van der Waals surface area contributed by atoms with Gasteiger partial charge in [-0.2, -0.15) is 5.10 Å². The highest BCUT2D eigenvalue weighted by Crippen LogP contribution is 2.43. The molecule has 2 aromatic carbocycles. The van der Waals surface area contributed by atoms with Gasteiger partial charge in [0.05, 0.1) is 17.3 Å². The van der Waals surface area contributed by atoms with E-state index in [9.17, 15) is 4.79 Å². The van der Waals surface area contributed by atoms with Crippen LogP contribution in [0.2, 0.25) is 0 Å². The second-order valence-electron chi connectivity index (χ2n) is 9.79. The molecule has 0 N–H and O–H groups in total. The van der Waals surface area contributed by atoms with E-state index in [0.717, 1.165) is 26.1 Å². The van der Waals surface area contributed by atoms with Crippen LogP contribution in [0.25, 0.3) is 10.9 Å². The lowest BCUT2D eigenvalue weighted by Crippen LogP contribution is -2.28. The molecule has 0 spiro atoms. The third-order valence-electron chi connectivity index (χ3n) is 7.54. The second-order valence-corrected chi connectivity index (χ2v) is 9.79. The Morgan fingerprint density at radius 1 is 1.13 bits per heavy atom. The molecule has 31 heavy (non-hydrogen) atoms. The number of rotatable bonds is 6. The van der Waals surface area contributed by atoms with Crippen LogP contribution in [0.4, 0.5) is 0 Å². The van der Waals surface area contributed by atoms with Crippen molar-refractivity contribution in [2.45, 2.75) is 64.5 Å². The van der Waals surface area contributed by atoms with E-state index in [2.05, 4.69) is 72.0 Å². The van der Waals surface area contributed by atoms with Crippen molar-refractivity contribution in [3.05, 3.63) is 65.4 Å². The second kappa shape index (κ2) is 8.23. The molecular weight excluding hydrogens is 382 g/mol. The molecule has 2 aliphatic rings. The normalized spacial score (nSPS) is 24.9. The number of hydrogen-bond donors (Lipinski definition) is 0. The monoisotopic (exact) mass is 415 g/mol. The first-order valence-electron chi connectivity index (χ1n) is 11.8. The Hall–Kier alpha value is -2.46. The van der Waals surface area contributed by atoms with Crippen molar-refractivity contribution in [3.8, 4) is 0 Å². The summed E-state index contributed by atoms with van der Waals surface area (Å²) in [6, 6.07) is 17.9. The summed E-state index contributed by atoms with van der Waals surface area (Å²) in [6.45, 7) is 6.93. The number of aryl methyl sites for hydroxylation is 1. The number of aldehydes is 1. The average Bonchev–Trinajstić information content (AvgIpc) is 3.51. The number of carbonyl (C=O) groups is 1. The van der Waals surface area contributed by atoms with Crippen LogP contribution < -0.4 is 0 Å². The first-order valence-corrected chi connectivity index (χ1v) is 11.8. The van der Waals surface area contributed by atoms with Crippen molar-refractivity contribution in [1.29, 1.82) is 0 Å². The van der Waals surface area contributed by atoms with Crippen LogP contribution in [0.1, 0.15) is 68.3 Å². The minimum Gasteiger partial charge on any atom is -0.303 e. The maximum atomic E-state index is 12.3. The van der Waals surface area contributed by atoms with Crippen molar-refractivity contribution in [2.75, 3.05) is 13.1 Å². The molecule has 4 nitrogen and oxygen atoms in total. The van der Waals surface area contributed by atoms with E-state index in [0.29, 0.717) is 6.04 Å². The van der Waals surface area contributed by atoms with Gasteiger partial charge in [0.1, 0.15) is 6.29 Å². The van der Waals surface area contributed by atoms with Gasteiger partial charge in [-0.3, -0.25) is 9.58 Å². The average molecular weight is 416 g/mol. The molecular formula is C27H33N3O. The maximum absolute atomic E-state index is 12.3. The topological polar surface area (TPSA) is 38.1 Å². The molecule has 2 heterocycles. The van der Waals surface area contributed by atoms with Crippen molar-refractivity contribution in [2.24, 2.45) is 5.41 Å². The third kappa shape index (κ3) is 3.71. The molecule has 162 valence electrons. The van der Waals surface area contributed by atoms with E-state index in [-0.39, 0.29) is 11.3 Å². The third-order valence-corrected chi connectivity index (χ3v) is 7.54. The molecule has 4 heteroatoms. The Labute approximate surface area is 185 Å². The highest BCUT2D eigenvalue weighted by Gasteiger charge is 2.43. The lowest BCUT2D eigenvalue weighted by atomic mass is 9.77. The number of fused-ring (bicyclic) bond motifs is 1. The molecule has 1 saturated heterocycles. The summed E-state index contributed by atoms with van der Waals surface area (Å²) in [5.74, 6) is 0.204. The fourth-order valence-corrected chi connectivity index (χ4v) is 5.82. The summed E-state index contributed by atoms with van der Waals surface area (Å²) in [5.41, 5.74) is 4.67. The Kier molecular flexibility index (Phi) is 5.43. The zero-order valence-electron chi connectivity index (χ0n) is 18.8. The lowest BCUT2D eigenvalue weighted by Gasteiger charge is -2.24. The van der Waals surface area contributed by atoms with E-state index in [1.165, 1.54) is 59.7 Å². The van der Waals surface area contributed by atoms with Crippen LogP contribution in [0.5, 0.6) is 0 Å². The highest BCUT2D eigenvalue weighted by molar-refractivity contribution is 5.83. The van der Waals surface area contributed by atoms with Gasteiger partial charge >= 0.3 is 0 Å². The van der Waals surface area contributed by atoms with Gasteiger partial charge in [-0.15, -0.1) is 0 Å². The molecule has 1 saturated carbocycles. The summed E-state index contributed by atoms with van der Waals surface area (Å²) >= 11 is 0. The number of nitrogens with zero attached hydrogens (tertiary/aromatic N) is 3. The van der Waals surface area contributed by atoms with Crippen molar-refractivity contribution >= 4 is 17.2 Å². The Bertz CT molecular complexity index is 1070. The van der Waals surface area contributed by atoms with E-state index in [4.69, 9.17) is 5.10 Å². The van der Waals surface area contributed by atoms with Gasteiger partial charge in [0, 0.05) is 36.4 Å². The van der Waals surface area contributed by atoms with Crippen LogP contribution >= 0.6 is 0 Å². The maximum Gasteiger partial charge on any atom is 0.127 e. The molecule has 1 aliphatic heterocycles. The first kappa shape index (κ1) is 20.4. The minimum absolute atomic E-state index is 0.204. The Morgan fingerprint density at radius 2 is 1.90 bits per heavy atom. The summed E-state index contributed by atoms with van der Waals surface area (Å²) < 4.78 is 2.31. The SMILES string of the molecule is CCc1nn(C2CCCC2)c2cc(C3CN(Cc4ccccc4)CC3(C)C=O)ccc12. The van der Waals surface area contributed by atoms with Gasteiger partial charge in [0.25, 0.3) is 0 Å². The molecule has 0 bridgehead atoms. The fraction of sp³-hybridized carbons (Fsp3) is 0.481. The van der Waals surface area contributed by atoms with Gasteiger partial charge < -0.3 is 4.79 Å². The molecule has 1 aromatic heterocycles. The molecule has 1 aliphatic carbocycles. The Balaban J connectivity index is 1.49. The van der Waals surface area contributed by atoms with Gasteiger partial charge in [-0.1, -0.05) is 69.2 Å². The van der Waals surface area contributed by atoms with Crippen molar-refractivity contribution in [1.82, 2.24) is 14.7 Å². The fourth-order valence-electron chi connectivity index (χ4n) is 5.82. The molecule has 2 unspecified atom stereocenters. The number of likely N-dealkylation sites (tertiary alicyclic amines) is 1. The molecule has 2 fully saturated rings.